The highest BCUT2D eigenvalue weighted by atomic mass is 79.9. The van der Waals surface area contributed by atoms with Gasteiger partial charge >= 0.3 is 0 Å². The fraction of sp³-hybridized carbons (Fsp3) is 0.353. The molecule has 0 spiro atoms. The number of hydrogen-bond donors (Lipinski definition) is 1. The monoisotopic (exact) mass is 393 g/mol. The number of nitrogens with zero attached hydrogens (tertiary/aromatic N) is 2. The number of aryl methyl sites for hydroxylation is 1. The van der Waals surface area contributed by atoms with Gasteiger partial charge in [0.2, 0.25) is 5.91 Å². The highest BCUT2D eigenvalue weighted by molar-refractivity contribution is 9.10. The second-order valence-corrected chi connectivity index (χ2v) is 6.88. The molecule has 128 valence electrons. The zero-order chi connectivity index (χ0) is 17.7. The number of carbonyl (C=O) groups is 2. The molecule has 0 aliphatic heterocycles. The Hall–Kier alpha value is -2.15. The van der Waals surface area contributed by atoms with Crippen LogP contribution in [0.15, 0.2) is 39.3 Å². The van der Waals surface area contributed by atoms with Gasteiger partial charge < -0.3 is 14.7 Å². The van der Waals surface area contributed by atoms with E-state index >= 15 is 0 Å². The number of nitrogens with one attached hydrogen (secondary N) is 1. The Labute approximate surface area is 149 Å². The Morgan fingerprint density at radius 2 is 2.08 bits per heavy atom. The van der Waals surface area contributed by atoms with Crippen molar-refractivity contribution < 1.29 is 14.1 Å². The SMILES string of the molecule is Cc1cc(NC(=O)CN(CC(C)C)C(=O)c2cccc(Br)c2)no1. The predicted molar refractivity (Wildman–Crippen MR) is 94.8 cm³/mol. The molecule has 2 rings (SSSR count). The van der Waals surface area contributed by atoms with E-state index < -0.39 is 0 Å². The van der Waals surface area contributed by atoms with Gasteiger partial charge in [-0.2, -0.15) is 0 Å². The summed E-state index contributed by atoms with van der Waals surface area (Å²) < 4.78 is 5.73. The minimum Gasteiger partial charge on any atom is -0.360 e. The number of benzene rings is 1. The molecule has 1 aromatic heterocycles. The molecule has 0 fully saturated rings. The van der Waals surface area contributed by atoms with Gasteiger partial charge in [-0.05, 0) is 31.0 Å². The van der Waals surface area contributed by atoms with Crippen molar-refractivity contribution in [2.24, 2.45) is 5.92 Å². The number of rotatable bonds is 6. The zero-order valence-electron chi connectivity index (χ0n) is 13.9. The van der Waals surface area contributed by atoms with Crippen LogP contribution in [-0.2, 0) is 4.79 Å². The maximum absolute atomic E-state index is 12.7. The van der Waals surface area contributed by atoms with Crippen molar-refractivity contribution in [1.82, 2.24) is 10.1 Å². The van der Waals surface area contributed by atoms with Gasteiger partial charge in [-0.3, -0.25) is 9.59 Å². The van der Waals surface area contributed by atoms with Crippen LogP contribution in [0.5, 0.6) is 0 Å². The molecule has 2 aromatic rings. The number of hydrogen-bond acceptors (Lipinski definition) is 4. The Morgan fingerprint density at radius 1 is 1.33 bits per heavy atom. The van der Waals surface area contributed by atoms with Gasteiger partial charge in [-0.1, -0.05) is 41.0 Å². The number of carbonyl (C=O) groups excluding carboxylic acids is 2. The van der Waals surface area contributed by atoms with Gasteiger partial charge in [0, 0.05) is 22.6 Å². The summed E-state index contributed by atoms with van der Waals surface area (Å²) in [6.45, 7) is 6.18. The fourth-order valence-corrected chi connectivity index (χ4v) is 2.64. The lowest BCUT2D eigenvalue weighted by Gasteiger charge is -2.24. The van der Waals surface area contributed by atoms with E-state index in [2.05, 4.69) is 26.4 Å². The molecular weight excluding hydrogens is 374 g/mol. The van der Waals surface area contributed by atoms with Crippen LogP contribution >= 0.6 is 15.9 Å². The van der Waals surface area contributed by atoms with Crippen LogP contribution in [0.4, 0.5) is 5.82 Å². The van der Waals surface area contributed by atoms with Gasteiger partial charge in [0.05, 0.1) is 0 Å². The van der Waals surface area contributed by atoms with Crippen molar-refractivity contribution in [3.8, 4) is 0 Å². The van der Waals surface area contributed by atoms with E-state index in [1.807, 2.05) is 19.9 Å². The van der Waals surface area contributed by atoms with Crippen LogP contribution in [0.1, 0.15) is 30.0 Å². The van der Waals surface area contributed by atoms with Crippen molar-refractivity contribution in [2.45, 2.75) is 20.8 Å². The standard InChI is InChI=1S/C17H20BrN3O3/c1-11(2)9-21(17(23)13-5-4-6-14(18)8-13)10-16(22)19-15-7-12(3)24-20-15/h4-8,11H,9-10H2,1-3H3,(H,19,20,22). The lowest BCUT2D eigenvalue weighted by Crippen LogP contribution is -2.40. The first-order chi connectivity index (χ1) is 11.3. The number of halogens is 1. The summed E-state index contributed by atoms with van der Waals surface area (Å²) in [4.78, 5) is 26.5. The van der Waals surface area contributed by atoms with Crippen LogP contribution < -0.4 is 5.32 Å². The van der Waals surface area contributed by atoms with Crippen LogP contribution in [0.3, 0.4) is 0 Å². The molecule has 1 N–H and O–H groups in total. The number of amides is 2. The van der Waals surface area contributed by atoms with Gasteiger partial charge in [-0.25, -0.2) is 0 Å². The third kappa shape index (κ3) is 5.19. The highest BCUT2D eigenvalue weighted by Gasteiger charge is 2.20. The van der Waals surface area contributed by atoms with E-state index in [0.717, 1.165) is 4.47 Å². The van der Waals surface area contributed by atoms with Crippen molar-refractivity contribution in [3.05, 3.63) is 46.1 Å². The predicted octanol–water partition coefficient (Wildman–Crippen LogP) is 3.48. The quantitative estimate of drug-likeness (QED) is 0.814. The van der Waals surface area contributed by atoms with E-state index in [-0.39, 0.29) is 24.3 Å². The first kappa shape index (κ1) is 18.2. The van der Waals surface area contributed by atoms with Gasteiger partial charge in [0.15, 0.2) is 5.82 Å². The van der Waals surface area contributed by atoms with Crippen molar-refractivity contribution in [2.75, 3.05) is 18.4 Å². The summed E-state index contributed by atoms with van der Waals surface area (Å²) in [6, 6.07) is 8.75. The Kier molecular flexibility index (Phi) is 6.14. The minimum atomic E-state index is -0.313. The van der Waals surface area contributed by atoms with Crippen LogP contribution in [-0.4, -0.2) is 35.0 Å². The van der Waals surface area contributed by atoms with Crippen molar-refractivity contribution in [1.29, 1.82) is 0 Å². The third-order valence-electron chi connectivity index (χ3n) is 3.17. The lowest BCUT2D eigenvalue weighted by molar-refractivity contribution is -0.117. The molecule has 24 heavy (non-hydrogen) atoms. The molecule has 0 aliphatic rings. The summed E-state index contributed by atoms with van der Waals surface area (Å²) in [5.74, 6) is 0.693. The minimum absolute atomic E-state index is 0.0462. The third-order valence-corrected chi connectivity index (χ3v) is 3.67. The molecule has 1 aromatic carbocycles. The molecule has 0 unspecified atom stereocenters. The molecule has 0 saturated carbocycles. The Bertz CT molecular complexity index is 727. The smallest absolute Gasteiger partial charge is 0.254 e. The van der Waals surface area contributed by atoms with Crippen molar-refractivity contribution >= 4 is 33.6 Å². The second kappa shape index (κ2) is 8.10. The molecule has 0 aliphatic carbocycles. The zero-order valence-corrected chi connectivity index (χ0v) is 15.5. The van der Waals surface area contributed by atoms with Crippen LogP contribution in [0.2, 0.25) is 0 Å². The van der Waals surface area contributed by atoms with Crippen LogP contribution in [0.25, 0.3) is 0 Å². The van der Waals surface area contributed by atoms with E-state index in [9.17, 15) is 9.59 Å². The van der Waals surface area contributed by atoms with Gasteiger partial charge in [0.25, 0.3) is 5.91 Å². The summed E-state index contributed by atoms with van der Waals surface area (Å²) in [6.07, 6.45) is 0. The molecule has 7 heteroatoms. The molecule has 1 heterocycles. The number of anilines is 1. The molecular formula is C17H20BrN3O3. The molecule has 6 nitrogen and oxygen atoms in total. The maximum atomic E-state index is 12.7. The molecule has 2 amide bonds. The summed E-state index contributed by atoms with van der Waals surface area (Å²) in [7, 11) is 0. The molecule has 0 saturated heterocycles. The Morgan fingerprint density at radius 3 is 2.67 bits per heavy atom. The average molecular weight is 394 g/mol. The molecule has 0 atom stereocenters. The first-order valence-electron chi connectivity index (χ1n) is 7.63. The topological polar surface area (TPSA) is 75.4 Å². The van der Waals surface area contributed by atoms with E-state index in [1.165, 1.54) is 4.90 Å². The first-order valence-corrected chi connectivity index (χ1v) is 8.42. The second-order valence-electron chi connectivity index (χ2n) is 5.96. The number of aromatic nitrogens is 1. The van der Waals surface area contributed by atoms with E-state index in [1.54, 1.807) is 31.2 Å². The fourth-order valence-electron chi connectivity index (χ4n) is 2.25. The summed E-state index contributed by atoms with van der Waals surface area (Å²) in [5.41, 5.74) is 0.537. The highest BCUT2D eigenvalue weighted by Crippen LogP contribution is 2.15. The van der Waals surface area contributed by atoms with Crippen LogP contribution in [0, 0.1) is 12.8 Å². The molecule has 0 bridgehead atoms. The van der Waals surface area contributed by atoms with Crippen molar-refractivity contribution in [3.63, 3.8) is 0 Å². The van der Waals surface area contributed by atoms with Gasteiger partial charge in [-0.15, -0.1) is 0 Å². The Balaban J connectivity index is 2.09. The normalized spacial score (nSPS) is 10.7. The average Bonchev–Trinajstić information content (AvgIpc) is 2.90. The lowest BCUT2D eigenvalue weighted by atomic mass is 10.1. The largest absolute Gasteiger partial charge is 0.360 e. The maximum Gasteiger partial charge on any atom is 0.254 e. The van der Waals surface area contributed by atoms with E-state index in [0.29, 0.717) is 23.7 Å². The van der Waals surface area contributed by atoms with E-state index in [4.69, 9.17) is 4.52 Å². The summed E-state index contributed by atoms with van der Waals surface area (Å²) in [5, 5.41) is 6.36. The summed E-state index contributed by atoms with van der Waals surface area (Å²) >= 11 is 3.36. The van der Waals surface area contributed by atoms with Gasteiger partial charge in [0.1, 0.15) is 12.3 Å². The molecule has 0 radical (unpaired) electrons.